The number of nitrogens with zero attached hydrogens (tertiary/aromatic N) is 2. The molecule has 1 N–H and O–H groups in total. The molecule has 1 fully saturated rings. The van der Waals surface area contributed by atoms with Crippen LogP contribution in [0.15, 0.2) is 12.1 Å². The van der Waals surface area contributed by atoms with Crippen molar-refractivity contribution in [1.29, 1.82) is 0 Å². The third-order valence-electron chi connectivity index (χ3n) is 3.36. The number of hydrogen-bond acceptors (Lipinski definition) is 5. The second kappa shape index (κ2) is 5.35. The highest BCUT2D eigenvalue weighted by atomic mass is 16.5. The fourth-order valence-corrected chi connectivity index (χ4v) is 2.36. The lowest BCUT2D eigenvalue weighted by Gasteiger charge is -2.24. The van der Waals surface area contributed by atoms with Gasteiger partial charge < -0.3 is 14.7 Å². The summed E-state index contributed by atoms with van der Waals surface area (Å²) in [5, 5.41) is 9.30. The third-order valence-corrected chi connectivity index (χ3v) is 3.36. The van der Waals surface area contributed by atoms with Gasteiger partial charge in [-0.15, -0.1) is 0 Å². The topological polar surface area (TPSA) is 62.7 Å². The van der Waals surface area contributed by atoms with Crippen molar-refractivity contribution in [2.45, 2.75) is 25.8 Å². The van der Waals surface area contributed by atoms with Gasteiger partial charge >= 0.3 is 5.97 Å². The molecule has 0 aliphatic carbocycles. The Labute approximate surface area is 106 Å². The van der Waals surface area contributed by atoms with Crippen LogP contribution in [0.1, 0.15) is 28.9 Å². The Kier molecular flexibility index (Phi) is 3.81. The van der Waals surface area contributed by atoms with Gasteiger partial charge in [-0.25, -0.2) is 9.78 Å². The van der Waals surface area contributed by atoms with E-state index >= 15 is 0 Å². The van der Waals surface area contributed by atoms with E-state index in [1.165, 1.54) is 7.11 Å². The van der Waals surface area contributed by atoms with Gasteiger partial charge in [0.05, 0.1) is 31.0 Å². The van der Waals surface area contributed by atoms with Gasteiger partial charge in [-0.05, 0) is 31.9 Å². The van der Waals surface area contributed by atoms with Gasteiger partial charge in [-0.1, -0.05) is 0 Å². The fraction of sp³-hybridized carbons (Fsp3) is 0.538. The second-order valence-corrected chi connectivity index (χ2v) is 4.47. The van der Waals surface area contributed by atoms with Crippen LogP contribution in [0.2, 0.25) is 0 Å². The van der Waals surface area contributed by atoms with E-state index in [0.717, 1.165) is 25.2 Å². The summed E-state index contributed by atoms with van der Waals surface area (Å²) in [6.07, 6.45) is 2.04. The SMILES string of the molecule is COC(=O)c1ccc(N2CCCC2CO)nc1C. The maximum absolute atomic E-state index is 11.5. The first-order valence-electron chi connectivity index (χ1n) is 6.11. The number of aliphatic hydroxyl groups excluding tert-OH is 1. The molecule has 1 aliphatic heterocycles. The van der Waals surface area contributed by atoms with Gasteiger partial charge in [0.25, 0.3) is 0 Å². The van der Waals surface area contributed by atoms with Crippen molar-refractivity contribution in [3.05, 3.63) is 23.4 Å². The van der Waals surface area contributed by atoms with E-state index < -0.39 is 0 Å². The zero-order valence-electron chi connectivity index (χ0n) is 10.7. The number of aryl methyl sites for hydroxylation is 1. The first kappa shape index (κ1) is 12.8. The Morgan fingerprint density at radius 1 is 1.61 bits per heavy atom. The molecular formula is C13H18N2O3. The van der Waals surface area contributed by atoms with Gasteiger partial charge in [0.1, 0.15) is 5.82 Å². The molecule has 0 saturated carbocycles. The molecule has 0 bridgehead atoms. The van der Waals surface area contributed by atoms with Crippen LogP contribution < -0.4 is 4.90 Å². The molecular weight excluding hydrogens is 232 g/mol. The Balaban J connectivity index is 2.26. The average molecular weight is 250 g/mol. The molecule has 5 nitrogen and oxygen atoms in total. The summed E-state index contributed by atoms with van der Waals surface area (Å²) in [6, 6.07) is 3.68. The molecule has 2 rings (SSSR count). The number of hydrogen-bond donors (Lipinski definition) is 1. The molecule has 0 radical (unpaired) electrons. The fourth-order valence-electron chi connectivity index (χ4n) is 2.36. The number of aromatic nitrogens is 1. The number of ether oxygens (including phenoxy) is 1. The zero-order chi connectivity index (χ0) is 13.1. The first-order valence-corrected chi connectivity index (χ1v) is 6.11. The lowest BCUT2D eigenvalue weighted by molar-refractivity contribution is 0.0599. The summed E-state index contributed by atoms with van der Waals surface area (Å²) < 4.78 is 4.69. The molecule has 98 valence electrons. The van der Waals surface area contributed by atoms with Gasteiger partial charge in [-0.2, -0.15) is 0 Å². The van der Waals surface area contributed by atoms with Gasteiger partial charge in [0, 0.05) is 6.54 Å². The lowest BCUT2D eigenvalue weighted by Crippen LogP contribution is -2.32. The summed E-state index contributed by atoms with van der Waals surface area (Å²) in [6.45, 7) is 2.83. The number of esters is 1. The molecule has 1 atom stereocenters. The number of methoxy groups -OCH3 is 1. The van der Waals surface area contributed by atoms with Crippen LogP contribution in [-0.2, 0) is 4.74 Å². The predicted molar refractivity (Wildman–Crippen MR) is 67.8 cm³/mol. The number of pyridine rings is 1. The van der Waals surface area contributed by atoms with Crippen molar-refractivity contribution >= 4 is 11.8 Å². The molecule has 1 aromatic heterocycles. The third kappa shape index (κ3) is 2.31. The Bertz CT molecular complexity index is 448. The van der Waals surface area contributed by atoms with Crippen molar-refractivity contribution in [1.82, 2.24) is 4.98 Å². The lowest BCUT2D eigenvalue weighted by atomic mass is 10.2. The molecule has 1 saturated heterocycles. The van der Waals surface area contributed by atoms with Crippen molar-refractivity contribution in [3.63, 3.8) is 0 Å². The summed E-state index contributed by atoms with van der Waals surface area (Å²) in [7, 11) is 1.36. The first-order chi connectivity index (χ1) is 8.67. The zero-order valence-corrected chi connectivity index (χ0v) is 10.7. The molecule has 0 amide bonds. The van der Waals surface area contributed by atoms with E-state index in [1.54, 1.807) is 13.0 Å². The highest BCUT2D eigenvalue weighted by molar-refractivity contribution is 5.90. The van der Waals surface area contributed by atoms with E-state index in [4.69, 9.17) is 4.74 Å². The van der Waals surface area contributed by atoms with Crippen LogP contribution in [0, 0.1) is 6.92 Å². The highest BCUT2D eigenvalue weighted by Crippen LogP contribution is 2.24. The van der Waals surface area contributed by atoms with Crippen LogP contribution in [0.5, 0.6) is 0 Å². The van der Waals surface area contributed by atoms with E-state index in [0.29, 0.717) is 11.3 Å². The Hall–Kier alpha value is -1.62. The Morgan fingerprint density at radius 2 is 2.39 bits per heavy atom. The van der Waals surface area contributed by atoms with Gasteiger partial charge in [0.2, 0.25) is 0 Å². The summed E-state index contributed by atoms with van der Waals surface area (Å²) in [5.41, 5.74) is 1.14. The molecule has 5 heteroatoms. The maximum Gasteiger partial charge on any atom is 0.339 e. The van der Waals surface area contributed by atoms with Crippen LogP contribution in [0.25, 0.3) is 0 Å². The van der Waals surface area contributed by atoms with Crippen LogP contribution in [0.4, 0.5) is 5.82 Å². The van der Waals surface area contributed by atoms with Crippen molar-refractivity contribution in [3.8, 4) is 0 Å². The highest BCUT2D eigenvalue weighted by Gasteiger charge is 2.25. The van der Waals surface area contributed by atoms with Crippen molar-refractivity contribution in [2.24, 2.45) is 0 Å². The number of carbonyl (C=O) groups is 1. The van der Waals surface area contributed by atoms with E-state index in [1.807, 2.05) is 6.07 Å². The van der Waals surface area contributed by atoms with E-state index in [9.17, 15) is 9.90 Å². The molecule has 1 unspecified atom stereocenters. The summed E-state index contributed by atoms with van der Waals surface area (Å²) in [5.74, 6) is 0.448. The van der Waals surface area contributed by atoms with Crippen LogP contribution >= 0.6 is 0 Å². The molecule has 0 aromatic carbocycles. The van der Waals surface area contributed by atoms with Gasteiger partial charge in [0.15, 0.2) is 0 Å². The second-order valence-electron chi connectivity index (χ2n) is 4.47. The molecule has 18 heavy (non-hydrogen) atoms. The van der Waals surface area contributed by atoms with Crippen molar-refractivity contribution in [2.75, 3.05) is 25.2 Å². The molecule has 0 spiro atoms. The smallest absolute Gasteiger partial charge is 0.339 e. The van der Waals surface area contributed by atoms with E-state index in [2.05, 4.69) is 9.88 Å². The monoisotopic (exact) mass is 250 g/mol. The largest absolute Gasteiger partial charge is 0.465 e. The standard InChI is InChI=1S/C13H18N2O3/c1-9-11(13(17)18-2)5-6-12(14-9)15-7-3-4-10(15)8-16/h5-6,10,16H,3-4,7-8H2,1-2H3. The predicted octanol–water partition coefficient (Wildman–Crippen LogP) is 1.14. The normalized spacial score (nSPS) is 19.1. The quantitative estimate of drug-likeness (QED) is 0.815. The van der Waals surface area contributed by atoms with Crippen molar-refractivity contribution < 1.29 is 14.6 Å². The minimum Gasteiger partial charge on any atom is -0.465 e. The van der Waals surface area contributed by atoms with Crippen LogP contribution in [-0.4, -0.2) is 42.4 Å². The number of carbonyl (C=O) groups excluding carboxylic acids is 1. The Morgan fingerprint density at radius 3 is 3.00 bits per heavy atom. The number of rotatable bonds is 3. The molecule has 1 aromatic rings. The minimum atomic E-state index is -0.369. The minimum absolute atomic E-state index is 0.138. The summed E-state index contributed by atoms with van der Waals surface area (Å²) >= 11 is 0. The number of anilines is 1. The average Bonchev–Trinajstić information content (AvgIpc) is 2.86. The van der Waals surface area contributed by atoms with Gasteiger partial charge in [-0.3, -0.25) is 0 Å². The molecule has 1 aliphatic rings. The van der Waals surface area contributed by atoms with E-state index in [-0.39, 0.29) is 18.6 Å². The molecule has 2 heterocycles. The van der Waals surface area contributed by atoms with Crippen LogP contribution in [0.3, 0.4) is 0 Å². The maximum atomic E-state index is 11.5. The summed E-state index contributed by atoms with van der Waals surface area (Å²) in [4.78, 5) is 18.0. The number of aliphatic hydroxyl groups is 1.